The van der Waals surface area contributed by atoms with Gasteiger partial charge in [0.2, 0.25) is 11.7 Å². The number of carbonyl (C=O) groups is 5. The van der Waals surface area contributed by atoms with E-state index in [9.17, 15) is 24.0 Å². The van der Waals surface area contributed by atoms with Crippen LogP contribution >= 0.6 is 0 Å². The molecule has 1 aromatic carbocycles. The van der Waals surface area contributed by atoms with Crippen LogP contribution in [0.5, 0.6) is 0 Å². The minimum Gasteiger partial charge on any atom is -0.345 e. The van der Waals surface area contributed by atoms with E-state index in [0.717, 1.165) is 25.7 Å². The second-order valence-electron chi connectivity index (χ2n) is 11.9. The Morgan fingerprint density at radius 3 is 2.03 bits per heavy atom. The van der Waals surface area contributed by atoms with Crippen LogP contribution in [-0.4, -0.2) is 41.2 Å². The first-order valence-corrected chi connectivity index (χ1v) is 13.6. The molecule has 0 unspecified atom stereocenters. The van der Waals surface area contributed by atoms with Gasteiger partial charge in [-0.1, -0.05) is 84.9 Å². The minimum absolute atomic E-state index is 0.106. The summed E-state index contributed by atoms with van der Waals surface area (Å²) in [5.41, 5.74) is -0.177. The molecule has 2 amide bonds. The van der Waals surface area contributed by atoms with Gasteiger partial charge in [-0.15, -0.1) is 0 Å². The van der Waals surface area contributed by atoms with E-state index in [2.05, 4.69) is 10.6 Å². The number of Topliss-reactive ketones (excluding diaryl/α,β-unsaturated/α-hetero) is 3. The highest BCUT2D eigenvalue weighted by Gasteiger charge is 2.36. The van der Waals surface area contributed by atoms with Crippen molar-refractivity contribution in [1.82, 2.24) is 10.6 Å². The van der Waals surface area contributed by atoms with Crippen molar-refractivity contribution in [3.63, 3.8) is 0 Å². The zero-order chi connectivity index (χ0) is 27.8. The van der Waals surface area contributed by atoms with Gasteiger partial charge in [0.05, 0.1) is 6.04 Å². The molecule has 1 saturated carbocycles. The van der Waals surface area contributed by atoms with Gasteiger partial charge in [0.1, 0.15) is 6.04 Å². The van der Waals surface area contributed by atoms with Crippen molar-refractivity contribution in [2.75, 3.05) is 0 Å². The van der Waals surface area contributed by atoms with E-state index < -0.39 is 35.1 Å². The molecular formula is C30H44N2O5. The van der Waals surface area contributed by atoms with E-state index in [1.54, 1.807) is 37.3 Å². The van der Waals surface area contributed by atoms with E-state index >= 15 is 0 Å². The normalized spacial score (nSPS) is 16.9. The lowest BCUT2D eigenvalue weighted by molar-refractivity contribution is -0.142. The van der Waals surface area contributed by atoms with E-state index in [1.807, 2.05) is 34.6 Å². The third-order valence-corrected chi connectivity index (χ3v) is 7.32. The van der Waals surface area contributed by atoms with Crippen LogP contribution in [0.3, 0.4) is 0 Å². The summed E-state index contributed by atoms with van der Waals surface area (Å²) < 4.78 is 0. The largest absolute Gasteiger partial charge is 0.345 e. The van der Waals surface area contributed by atoms with Crippen molar-refractivity contribution >= 4 is 29.2 Å². The summed E-state index contributed by atoms with van der Waals surface area (Å²) in [6.45, 7) is 10.7. The summed E-state index contributed by atoms with van der Waals surface area (Å²) in [5.74, 6) is -2.65. The van der Waals surface area contributed by atoms with Crippen molar-refractivity contribution in [1.29, 1.82) is 0 Å². The summed E-state index contributed by atoms with van der Waals surface area (Å²) in [6.07, 6.45) is 5.47. The molecule has 2 rings (SSSR count). The maximum atomic E-state index is 13.2. The molecule has 1 aromatic rings. The van der Waals surface area contributed by atoms with Gasteiger partial charge >= 0.3 is 0 Å². The van der Waals surface area contributed by atoms with Gasteiger partial charge in [-0.25, -0.2) is 0 Å². The third kappa shape index (κ3) is 9.20. The molecule has 0 bridgehead atoms. The van der Waals surface area contributed by atoms with Gasteiger partial charge in [-0.2, -0.15) is 0 Å². The SMILES string of the molecule is CC(C)[C@H](CC(=O)[C@H](C)NC(=O)[C@@H](NC(=O)c1ccccc1)C(C)(C)C)C(=O)C(=O)CC1CCCCC1. The van der Waals surface area contributed by atoms with Crippen LogP contribution in [0.4, 0.5) is 0 Å². The maximum Gasteiger partial charge on any atom is 0.251 e. The zero-order valence-electron chi connectivity index (χ0n) is 23.3. The Morgan fingerprint density at radius 1 is 0.892 bits per heavy atom. The molecule has 2 N–H and O–H groups in total. The number of nitrogens with one attached hydrogen (secondary N) is 2. The lowest BCUT2D eigenvalue weighted by Crippen LogP contribution is -2.56. The smallest absolute Gasteiger partial charge is 0.251 e. The molecule has 0 radical (unpaired) electrons. The predicted octanol–water partition coefficient (Wildman–Crippen LogP) is 4.68. The van der Waals surface area contributed by atoms with Gasteiger partial charge < -0.3 is 10.6 Å². The fourth-order valence-corrected chi connectivity index (χ4v) is 4.84. The van der Waals surface area contributed by atoms with Crippen molar-refractivity contribution < 1.29 is 24.0 Å². The van der Waals surface area contributed by atoms with Crippen LogP contribution in [0.25, 0.3) is 0 Å². The Labute approximate surface area is 221 Å². The highest BCUT2D eigenvalue weighted by Crippen LogP contribution is 2.28. The molecule has 7 heteroatoms. The Morgan fingerprint density at radius 2 is 1.49 bits per heavy atom. The number of amides is 2. The Balaban J connectivity index is 2.02. The van der Waals surface area contributed by atoms with E-state index in [0.29, 0.717) is 5.56 Å². The van der Waals surface area contributed by atoms with Crippen LogP contribution < -0.4 is 10.6 Å². The van der Waals surface area contributed by atoms with Gasteiger partial charge in [0, 0.05) is 24.3 Å². The first-order valence-electron chi connectivity index (χ1n) is 13.6. The number of benzene rings is 1. The number of hydrogen-bond acceptors (Lipinski definition) is 5. The van der Waals surface area contributed by atoms with Crippen LogP contribution in [0.15, 0.2) is 30.3 Å². The summed E-state index contributed by atoms with van der Waals surface area (Å²) >= 11 is 0. The van der Waals surface area contributed by atoms with Gasteiger partial charge in [-0.05, 0) is 36.3 Å². The highest BCUT2D eigenvalue weighted by molar-refractivity contribution is 6.38. The van der Waals surface area contributed by atoms with Gasteiger partial charge in [-0.3, -0.25) is 24.0 Å². The molecule has 0 saturated heterocycles. The van der Waals surface area contributed by atoms with Gasteiger partial charge in [0.15, 0.2) is 11.6 Å². The van der Waals surface area contributed by atoms with Crippen molar-refractivity contribution in [3.05, 3.63) is 35.9 Å². The van der Waals surface area contributed by atoms with Crippen molar-refractivity contribution in [3.8, 4) is 0 Å². The molecule has 37 heavy (non-hydrogen) atoms. The molecule has 204 valence electrons. The Bertz CT molecular complexity index is 958. The van der Waals surface area contributed by atoms with Crippen molar-refractivity contribution in [2.24, 2.45) is 23.2 Å². The monoisotopic (exact) mass is 512 g/mol. The van der Waals surface area contributed by atoms with Gasteiger partial charge in [0.25, 0.3) is 5.91 Å². The molecule has 3 atom stereocenters. The fourth-order valence-electron chi connectivity index (χ4n) is 4.84. The molecule has 1 fully saturated rings. The van der Waals surface area contributed by atoms with Crippen LogP contribution in [0.1, 0.15) is 96.8 Å². The average molecular weight is 513 g/mol. The van der Waals surface area contributed by atoms with Crippen LogP contribution in [0.2, 0.25) is 0 Å². The number of carbonyl (C=O) groups excluding carboxylic acids is 5. The second-order valence-corrected chi connectivity index (χ2v) is 11.9. The third-order valence-electron chi connectivity index (χ3n) is 7.32. The Kier molecular flexibility index (Phi) is 11.2. The van der Waals surface area contributed by atoms with E-state index in [-0.39, 0.29) is 42.2 Å². The van der Waals surface area contributed by atoms with E-state index in [4.69, 9.17) is 0 Å². The molecular weight excluding hydrogens is 468 g/mol. The molecule has 1 aliphatic carbocycles. The molecule has 1 aliphatic rings. The number of ketones is 3. The standard InChI is InChI=1S/C30H44N2O5/c1-19(2)23(26(35)25(34)17-21-13-9-7-10-14-21)18-24(33)20(3)31-29(37)27(30(4,5)6)32-28(36)22-15-11-8-12-16-22/h8,11-12,15-16,19-21,23,27H,7,9-10,13-14,17-18H2,1-6H3,(H,31,37)(H,32,36)/t20-,23-,27+/m0/s1. The predicted molar refractivity (Wildman–Crippen MR) is 144 cm³/mol. The molecule has 0 aliphatic heterocycles. The topological polar surface area (TPSA) is 109 Å². The average Bonchev–Trinajstić information content (AvgIpc) is 2.85. The quantitative estimate of drug-likeness (QED) is 0.395. The first kappa shape index (κ1) is 30.4. The van der Waals surface area contributed by atoms with Crippen LogP contribution in [0, 0.1) is 23.2 Å². The lowest BCUT2D eigenvalue weighted by Gasteiger charge is -2.31. The zero-order valence-corrected chi connectivity index (χ0v) is 23.3. The molecule has 0 heterocycles. The number of hydrogen-bond donors (Lipinski definition) is 2. The summed E-state index contributed by atoms with van der Waals surface area (Å²) in [7, 11) is 0. The number of rotatable bonds is 12. The summed E-state index contributed by atoms with van der Waals surface area (Å²) in [5, 5.41) is 5.51. The molecule has 0 aromatic heterocycles. The Hall–Kier alpha value is -2.83. The molecule has 7 nitrogen and oxygen atoms in total. The summed E-state index contributed by atoms with van der Waals surface area (Å²) in [4.78, 5) is 64.6. The molecule has 0 spiro atoms. The minimum atomic E-state index is -0.880. The lowest BCUT2D eigenvalue weighted by atomic mass is 9.80. The van der Waals surface area contributed by atoms with Crippen LogP contribution in [-0.2, 0) is 19.2 Å². The summed E-state index contributed by atoms with van der Waals surface area (Å²) in [6, 6.07) is 6.87. The fraction of sp³-hybridized carbons (Fsp3) is 0.633. The van der Waals surface area contributed by atoms with E-state index in [1.165, 1.54) is 6.42 Å². The van der Waals surface area contributed by atoms with Crippen molar-refractivity contribution in [2.45, 2.75) is 98.6 Å². The second kappa shape index (κ2) is 13.6. The highest BCUT2D eigenvalue weighted by atomic mass is 16.2. The maximum absolute atomic E-state index is 13.2. The first-order chi connectivity index (χ1) is 17.3.